The van der Waals surface area contributed by atoms with Crippen LogP contribution in [-0.2, 0) is 20.0 Å². The fourth-order valence-corrected chi connectivity index (χ4v) is 4.63. The summed E-state index contributed by atoms with van der Waals surface area (Å²) in [5.74, 6) is 0. The minimum atomic E-state index is -4.22. The van der Waals surface area contributed by atoms with E-state index in [9.17, 15) is 16.8 Å². The Morgan fingerprint density at radius 3 is 1.19 bits per heavy atom. The summed E-state index contributed by atoms with van der Waals surface area (Å²) in [4.78, 5) is -0.408. The third-order valence-corrected chi connectivity index (χ3v) is 6.51. The molecule has 0 atom stereocenters. The molecule has 0 heterocycles. The molecule has 0 aliphatic rings. The van der Waals surface area contributed by atoms with Crippen LogP contribution in [0.5, 0.6) is 0 Å². The van der Waals surface area contributed by atoms with Crippen LogP contribution in [0.3, 0.4) is 0 Å². The Kier molecular flexibility index (Phi) is 4.60. The predicted octanol–water partition coefficient (Wildman–Crippen LogP) is 2.66. The van der Waals surface area contributed by atoms with Crippen LogP contribution in [0.15, 0.2) is 58.3 Å². The van der Waals surface area contributed by atoms with Crippen molar-refractivity contribution in [1.82, 2.24) is 4.13 Å². The zero-order valence-electron chi connectivity index (χ0n) is 10.3. The van der Waals surface area contributed by atoms with E-state index in [-0.39, 0.29) is 9.79 Å². The van der Waals surface area contributed by atoms with Crippen LogP contribution in [0.4, 0.5) is 0 Å². The smallest absolute Gasteiger partial charge is 0.206 e. The molecule has 112 valence electrons. The van der Waals surface area contributed by atoms with Crippen molar-refractivity contribution < 1.29 is 16.8 Å². The lowest BCUT2D eigenvalue weighted by Gasteiger charge is -2.08. The summed E-state index contributed by atoms with van der Waals surface area (Å²) in [7, 11) is -8.45. The molecule has 0 spiro atoms. The van der Waals surface area contributed by atoms with Crippen molar-refractivity contribution in [2.45, 2.75) is 9.79 Å². The van der Waals surface area contributed by atoms with Gasteiger partial charge in [0.1, 0.15) is 0 Å². The zero-order chi connectivity index (χ0) is 15.7. The zero-order valence-corrected chi connectivity index (χ0v) is 13.5. The molecule has 0 saturated heterocycles. The summed E-state index contributed by atoms with van der Waals surface area (Å²) in [6.45, 7) is 0. The maximum atomic E-state index is 12.0. The van der Waals surface area contributed by atoms with Gasteiger partial charge < -0.3 is 0 Å². The molecule has 0 aliphatic carbocycles. The summed E-state index contributed by atoms with van der Waals surface area (Å²) < 4.78 is 49.8. The van der Waals surface area contributed by atoms with Crippen molar-refractivity contribution >= 4 is 43.2 Å². The van der Waals surface area contributed by atoms with Crippen molar-refractivity contribution in [3.8, 4) is 0 Å². The fraction of sp³-hybridized carbons (Fsp3) is 0. The summed E-state index contributed by atoms with van der Waals surface area (Å²) in [6.07, 6.45) is 0. The third-order valence-electron chi connectivity index (χ3n) is 2.47. The van der Waals surface area contributed by atoms with Crippen LogP contribution in [-0.4, -0.2) is 16.8 Å². The topological polar surface area (TPSA) is 80.3 Å². The lowest BCUT2D eigenvalue weighted by atomic mass is 10.4. The molecule has 1 N–H and O–H groups in total. The molecule has 0 bridgehead atoms. The molecule has 2 aromatic rings. The first-order valence-corrected chi connectivity index (χ1v) is 9.23. The second-order valence-electron chi connectivity index (χ2n) is 4.00. The average molecular weight is 366 g/mol. The van der Waals surface area contributed by atoms with Crippen LogP contribution >= 0.6 is 23.2 Å². The molecule has 9 heteroatoms. The van der Waals surface area contributed by atoms with Gasteiger partial charge in [0.25, 0.3) is 20.0 Å². The van der Waals surface area contributed by atoms with E-state index < -0.39 is 20.0 Å². The van der Waals surface area contributed by atoms with Gasteiger partial charge >= 0.3 is 0 Å². The number of hydrogen-bond acceptors (Lipinski definition) is 4. The quantitative estimate of drug-likeness (QED) is 0.902. The predicted molar refractivity (Wildman–Crippen MR) is 80.4 cm³/mol. The highest BCUT2D eigenvalue weighted by molar-refractivity contribution is 8.04. The SMILES string of the molecule is O=S(=O)(NS(=O)(=O)c1ccc(Cl)cc1)c1ccc(Cl)cc1. The van der Waals surface area contributed by atoms with E-state index in [4.69, 9.17) is 23.2 Å². The highest BCUT2D eigenvalue weighted by Gasteiger charge is 2.24. The van der Waals surface area contributed by atoms with Gasteiger partial charge in [-0.15, -0.1) is 4.13 Å². The molecule has 2 aromatic carbocycles. The molecule has 0 aliphatic heterocycles. The van der Waals surface area contributed by atoms with Crippen molar-refractivity contribution in [3.05, 3.63) is 58.6 Å². The lowest BCUT2D eigenvalue weighted by Crippen LogP contribution is -2.30. The standard InChI is InChI=1S/C12H9Cl2NO4S2/c13-9-1-5-11(6-2-9)20(16,17)15-21(18,19)12-7-3-10(14)4-8-12/h1-8,15H. The molecule has 0 saturated carbocycles. The molecule has 5 nitrogen and oxygen atoms in total. The van der Waals surface area contributed by atoms with Crippen LogP contribution in [0.2, 0.25) is 10.0 Å². The maximum Gasteiger partial charge on any atom is 0.253 e. The van der Waals surface area contributed by atoms with Gasteiger partial charge in [-0.1, -0.05) is 23.2 Å². The Balaban J connectivity index is 2.35. The Bertz CT molecular complexity index is 772. The molecule has 0 unspecified atom stereocenters. The normalized spacial score (nSPS) is 12.3. The number of sulfonamides is 2. The Hall–Kier alpha value is -1.12. The van der Waals surface area contributed by atoms with E-state index in [2.05, 4.69) is 0 Å². The van der Waals surface area contributed by atoms with E-state index in [0.717, 1.165) is 0 Å². The minimum Gasteiger partial charge on any atom is -0.206 e. The first kappa shape index (κ1) is 16.3. The van der Waals surface area contributed by atoms with E-state index in [1.165, 1.54) is 48.5 Å². The van der Waals surface area contributed by atoms with E-state index in [1.807, 2.05) is 0 Å². The average Bonchev–Trinajstić information content (AvgIpc) is 2.38. The second kappa shape index (κ2) is 5.94. The van der Waals surface area contributed by atoms with Gasteiger partial charge in [0.05, 0.1) is 9.79 Å². The molecular weight excluding hydrogens is 357 g/mol. The summed E-state index contributed by atoms with van der Waals surface area (Å²) in [5, 5.41) is 0.684. The van der Waals surface area contributed by atoms with Gasteiger partial charge in [-0.25, -0.2) is 16.8 Å². The van der Waals surface area contributed by atoms with Gasteiger partial charge in [0.2, 0.25) is 0 Å². The number of rotatable bonds is 4. The maximum absolute atomic E-state index is 12.0. The number of hydrogen-bond donors (Lipinski definition) is 1. The molecule has 0 aromatic heterocycles. The highest BCUT2D eigenvalue weighted by Crippen LogP contribution is 2.18. The molecule has 0 amide bonds. The van der Waals surface area contributed by atoms with E-state index in [1.54, 1.807) is 4.13 Å². The third kappa shape index (κ3) is 3.96. The van der Waals surface area contributed by atoms with E-state index >= 15 is 0 Å². The van der Waals surface area contributed by atoms with Crippen LogP contribution in [0, 0.1) is 0 Å². The van der Waals surface area contributed by atoms with Crippen LogP contribution in [0.25, 0.3) is 0 Å². The van der Waals surface area contributed by atoms with Crippen molar-refractivity contribution in [3.63, 3.8) is 0 Å². The van der Waals surface area contributed by atoms with E-state index in [0.29, 0.717) is 10.0 Å². The molecular formula is C12H9Cl2NO4S2. The number of nitrogens with one attached hydrogen (secondary N) is 1. The summed E-state index contributed by atoms with van der Waals surface area (Å²) in [6, 6.07) is 10.3. The van der Waals surface area contributed by atoms with Crippen LogP contribution in [0.1, 0.15) is 0 Å². The van der Waals surface area contributed by atoms with Gasteiger partial charge in [-0.3, -0.25) is 0 Å². The van der Waals surface area contributed by atoms with Crippen molar-refractivity contribution in [2.24, 2.45) is 0 Å². The molecule has 0 fully saturated rings. The largest absolute Gasteiger partial charge is 0.253 e. The lowest BCUT2D eigenvalue weighted by molar-refractivity contribution is 0.577. The van der Waals surface area contributed by atoms with Crippen molar-refractivity contribution in [1.29, 1.82) is 0 Å². The first-order chi connectivity index (χ1) is 9.71. The second-order valence-corrected chi connectivity index (χ2v) is 8.49. The highest BCUT2D eigenvalue weighted by atomic mass is 35.5. The van der Waals surface area contributed by atoms with Crippen molar-refractivity contribution in [2.75, 3.05) is 0 Å². The summed E-state index contributed by atoms with van der Waals surface area (Å²) >= 11 is 11.3. The number of benzene rings is 2. The van der Waals surface area contributed by atoms with Crippen LogP contribution < -0.4 is 4.13 Å². The molecule has 2 rings (SSSR count). The Labute approximate surface area is 132 Å². The Morgan fingerprint density at radius 1 is 0.619 bits per heavy atom. The first-order valence-electron chi connectivity index (χ1n) is 5.50. The Morgan fingerprint density at radius 2 is 0.905 bits per heavy atom. The van der Waals surface area contributed by atoms with Gasteiger partial charge in [-0.2, -0.15) is 0 Å². The van der Waals surface area contributed by atoms with Gasteiger partial charge in [-0.05, 0) is 48.5 Å². The monoisotopic (exact) mass is 365 g/mol. The van der Waals surface area contributed by atoms with Gasteiger partial charge in [0.15, 0.2) is 0 Å². The minimum absolute atomic E-state index is 0.204. The fourth-order valence-electron chi connectivity index (χ4n) is 1.47. The molecule has 21 heavy (non-hydrogen) atoms. The molecule has 0 radical (unpaired) electrons. The van der Waals surface area contributed by atoms with Gasteiger partial charge in [0, 0.05) is 10.0 Å². The summed E-state index contributed by atoms with van der Waals surface area (Å²) in [5.41, 5.74) is 0. The number of halogens is 2.